The van der Waals surface area contributed by atoms with Gasteiger partial charge in [-0.2, -0.15) is 0 Å². The molecule has 2 atom stereocenters. The van der Waals surface area contributed by atoms with Crippen LogP contribution in [0.3, 0.4) is 0 Å². The van der Waals surface area contributed by atoms with E-state index in [1.807, 2.05) is 6.08 Å². The maximum Gasteiger partial charge on any atom is 0.0658 e. The van der Waals surface area contributed by atoms with Crippen LogP contribution in [0.5, 0.6) is 0 Å². The Hall–Kier alpha value is -1.38. The Kier molecular flexibility index (Phi) is 7.97. The van der Waals surface area contributed by atoms with Crippen LogP contribution in [0.1, 0.15) is 63.4 Å². The number of allylic oxidation sites excluding steroid dienone is 1. The lowest BCUT2D eigenvalue weighted by molar-refractivity contribution is -0.0442. The average molecular weight is 354 g/mol. The lowest BCUT2D eigenvalue weighted by atomic mass is 9.90. The van der Waals surface area contributed by atoms with E-state index < -0.39 is 0 Å². The van der Waals surface area contributed by atoms with Crippen LogP contribution in [-0.4, -0.2) is 30.2 Å². The van der Waals surface area contributed by atoms with E-state index in [2.05, 4.69) is 47.9 Å². The van der Waals surface area contributed by atoms with Gasteiger partial charge in [0.1, 0.15) is 0 Å². The number of nitrogens with zero attached hydrogens (tertiary/aromatic N) is 1. The van der Waals surface area contributed by atoms with Crippen LogP contribution in [0.25, 0.3) is 0 Å². The Bertz CT molecular complexity index is 565. The molecule has 3 rings (SSSR count). The summed E-state index contributed by atoms with van der Waals surface area (Å²) in [5.41, 5.74) is 3.09. The first-order chi connectivity index (χ1) is 12.9. The Labute approximate surface area is 159 Å². The van der Waals surface area contributed by atoms with Crippen LogP contribution in [-0.2, 0) is 11.3 Å². The van der Waals surface area contributed by atoms with Crippen molar-refractivity contribution in [1.29, 1.82) is 0 Å². The van der Waals surface area contributed by atoms with Gasteiger partial charge in [-0.05, 0) is 37.7 Å². The first kappa shape index (κ1) is 19.4. The Balaban J connectivity index is 1.42. The molecule has 1 aromatic carbocycles. The third kappa shape index (κ3) is 5.82. The van der Waals surface area contributed by atoms with Crippen molar-refractivity contribution in [2.45, 2.75) is 76.4 Å². The molecule has 1 fully saturated rings. The highest BCUT2D eigenvalue weighted by Gasteiger charge is 2.34. The van der Waals surface area contributed by atoms with Crippen molar-refractivity contribution in [3.05, 3.63) is 60.2 Å². The van der Waals surface area contributed by atoms with E-state index in [0.717, 1.165) is 19.8 Å². The number of unbranched alkanes of at least 4 members (excludes halogenated alkanes) is 6. The Morgan fingerprint density at radius 3 is 2.54 bits per heavy atom. The maximum atomic E-state index is 5.85. The Morgan fingerprint density at radius 1 is 1.00 bits per heavy atom. The molecule has 0 amide bonds. The van der Waals surface area contributed by atoms with Crippen LogP contribution in [0.4, 0.5) is 0 Å². The van der Waals surface area contributed by atoms with Crippen molar-refractivity contribution in [2.24, 2.45) is 0 Å². The zero-order chi connectivity index (χ0) is 18.0. The quantitative estimate of drug-likeness (QED) is 0.363. The third-order valence-electron chi connectivity index (χ3n) is 5.78. The maximum absolute atomic E-state index is 5.85. The van der Waals surface area contributed by atoms with E-state index in [0.29, 0.717) is 12.1 Å². The SMILES string of the molecule is C=CCCCCCCCCC1=CC2COCC(C1)N2Cc1ccccc1. The van der Waals surface area contributed by atoms with Crippen molar-refractivity contribution in [1.82, 2.24) is 4.90 Å². The summed E-state index contributed by atoms with van der Waals surface area (Å²) in [6.45, 7) is 6.59. The molecule has 2 heteroatoms. The van der Waals surface area contributed by atoms with E-state index in [9.17, 15) is 0 Å². The van der Waals surface area contributed by atoms with Gasteiger partial charge in [0.2, 0.25) is 0 Å². The van der Waals surface area contributed by atoms with E-state index in [-0.39, 0.29) is 0 Å². The molecule has 142 valence electrons. The first-order valence-corrected chi connectivity index (χ1v) is 10.5. The number of fused-ring (bicyclic) bond motifs is 2. The predicted molar refractivity (Wildman–Crippen MR) is 110 cm³/mol. The monoisotopic (exact) mass is 353 g/mol. The summed E-state index contributed by atoms with van der Waals surface area (Å²) in [6.07, 6.45) is 16.4. The van der Waals surface area contributed by atoms with Gasteiger partial charge in [0, 0.05) is 12.6 Å². The highest BCUT2D eigenvalue weighted by molar-refractivity contribution is 5.20. The fourth-order valence-electron chi connectivity index (χ4n) is 4.32. The van der Waals surface area contributed by atoms with Crippen molar-refractivity contribution in [2.75, 3.05) is 13.2 Å². The van der Waals surface area contributed by atoms with Crippen molar-refractivity contribution >= 4 is 0 Å². The van der Waals surface area contributed by atoms with Gasteiger partial charge in [-0.25, -0.2) is 0 Å². The molecule has 0 saturated carbocycles. The number of hydrogen-bond acceptors (Lipinski definition) is 2. The lowest BCUT2D eigenvalue weighted by Gasteiger charge is -2.45. The minimum absolute atomic E-state index is 0.469. The third-order valence-corrected chi connectivity index (χ3v) is 5.78. The standard InChI is InChI=1S/C24H35NO/c1-2-3-4-5-6-7-8-10-15-22-16-23-19-26-20-24(17-22)25(23)18-21-13-11-9-12-14-21/h2,9,11-14,16,23-24H,1,3-8,10,15,17-20H2. The van der Waals surface area contributed by atoms with Gasteiger partial charge >= 0.3 is 0 Å². The van der Waals surface area contributed by atoms with E-state index in [4.69, 9.17) is 4.74 Å². The van der Waals surface area contributed by atoms with Gasteiger partial charge in [-0.15, -0.1) is 6.58 Å². The second-order valence-corrected chi connectivity index (χ2v) is 7.89. The van der Waals surface area contributed by atoms with Crippen molar-refractivity contribution < 1.29 is 4.74 Å². The highest BCUT2D eigenvalue weighted by atomic mass is 16.5. The molecular formula is C24H35NO. The molecule has 2 nitrogen and oxygen atoms in total. The number of ether oxygens (including phenoxy) is 1. The Morgan fingerprint density at radius 2 is 1.77 bits per heavy atom. The molecule has 0 aliphatic carbocycles. The van der Waals surface area contributed by atoms with Gasteiger partial charge in [0.15, 0.2) is 0 Å². The van der Waals surface area contributed by atoms with Gasteiger partial charge < -0.3 is 4.74 Å². The summed E-state index contributed by atoms with van der Waals surface area (Å²) in [5, 5.41) is 0. The summed E-state index contributed by atoms with van der Waals surface area (Å²) in [6, 6.07) is 11.9. The summed E-state index contributed by atoms with van der Waals surface area (Å²) in [4.78, 5) is 2.65. The van der Waals surface area contributed by atoms with E-state index in [1.54, 1.807) is 5.57 Å². The lowest BCUT2D eigenvalue weighted by Crippen LogP contribution is -2.53. The molecule has 2 unspecified atom stereocenters. The van der Waals surface area contributed by atoms with Crippen LogP contribution in [0.2, 0.25) is 0 Å². The topological polar surface area (TPSA) is 12.5 Å². The first-order valence-electron chi connectivity index (χ1n) is 10.5. The normalized spacial score (nSPS) is 22.8. The summed E-state index contributed by atoms with van der Waals surface area (Å²) in [7, 11) is 0. The average Bonchev–Trinajstić information content (AvgIpc) is 2.65. The molecule has 26 heavy (non-hydrogen) atoms. The second kappa shape index (κ2) is 10.7. The van der Waals surface area contributed by atoms with Crippen molar-refractivity contribution in [3.8, 4) is 0 Å². The minimum atomic E-state index is 0.469. The highest BCUT2D eigenvalue weighted by Crippen LogP contribution is 2.31. The largest absolute Gasteiger partial charge is 0.378 e. The predicted octanol–water partition coefficient (Wildman–Crippen LogP) is 5.89. The van der Waals surface area contributed by atoms with Gasteiger partial charge in [-0.3, -0.25) is 4.90 Å². The smallest absolute Gasteiger partial charge is 0.0658 e. The molecule has 1 saturated heterocycles. The van der Waals surface area contributed by atoms with Gasteiger partial charge in [0.25, 0.3) is 0 Å². The number of benzene rings is 1. The molecule has 0 radical (unpaired) electrons. The van der Waals surface area contributed by atoms with Gasteiger partial charge in [-0.1, -0.05) is 73.7 Å². The fraction of sp³-hybridized carbons (Fsp3) is 0.583. The zero-order valence-corrected chi connectivity index (χ0v) is 16.2. The zero-order valence-electron chi connectivity index (χ0n) is 16.2. The number of morpholine rings is 1. The summed E-state index contributed by atoms with van der Waals surface area (Å²) in [5.74, 6) is 0. The molecule has 2 aliphatic rings. The fourth-order valence-corrected chi connectivity index (χ4v) is 4.32. The van der Waals surface area contributed by atoms with Crippen LogP contribution in [0, 0.1) is 0 Å². The molecule has 2 bridgehead atoms. The molecule has 0 aromatic heterocycles. The van der Waals surface area contributed by atoms with E-state index >= 15 is 0 Å². The minimum Gasteiger partial charge on any atom is -0.378 e. The summed E-state index contributed by atoms with van der Waals surface area (Å²) >= 11 is 0. The van der Waals surface area contributed by atoms with Gasteiger partial charge in [0.05, 0.1) is 19.3 Å². The number of hydrogen-bond donors (Lipinski definition) is 0. The molecule has 2 heterocycles. The van der Waals surface area contributed by atoms with Crippen LogP contribution in [0.15, 0.2) is 54.6 Å². The molecular weight excluding hydrogens is 318 g/mol. The second-order valence-electron chi connectivity index (χ2n) is 7.89. The van der Waals surface area contributed by atoms with E-state index in [1.165, 1.54) is 63.4 Å². The van der Waals surface area contributed by atoms with Crippen LogP contribution >= 0.6 is 0 Å². The number of rotatable bonds is 11. The molecule has 2 aliphatic heterocycles. The van der Waals surface area contributed by atoms with Crippen molar-refractivity contribution in [3.63, 3.8) is 0 Å². The van der Waals surface area contributed by atoms with Crippen LogP contribution < -0.4 is 0 Å². The molecule has 0 spiro atoms. The molecule has 0 N–H and O–H groups in total. The molecule has 1 aromatic rings. The summed E-state index contributed by atoms with van der Waals surface area (Å²) < 4.78 is 5.85.